The molecular formula is C13H19N3O3S. The zero-order valence-electron chi connectivity index (χ0n) is 11.5. The van der Waals surface area contributed by atoms with Gasteiger partial charge in [-0.3, -0.25) is 4.79 Å². The van der Waals surface area contributed by atoms with Crippen LogP contribution >= 0.6 is 0 Å². The molecule has 0 bridgehead atoms. The fourth-order valence-corrected chi connectivity index (χ4v) is 4.32. The quantitative estimate of drug-likeness (QED) is 0.831. The van der Waals surface area contributed by atoms with Crippen molar-refractivity contribution in [1.82, 2.24) is 9.62 Å². The van der Waals surface area contributed by atoms with E-state index in [9.17, 15) is 13.2 Å². The number of carbonyl (C=O) groups excluding carboxylic acids is 1. The predicted octanol–water partition coefficient (Wildman–Crippen LogP) is 0.156. The largest absolute Gasteiger partial charge is 0.366 e. The molecular weight excluding hydrogens is 278 g/mol. The van der Waals surface area contributed by atoms with Gasteiger partial charge in [0, 0.05) is 30.7 Å². The minimum absolute atomic E-state index is 0.112. The van der Waals surface area contributed by atoms with Crippen LogP contribution in [-0.4, -0.2) is 43.8 Å². The van der Waals surface area contributed by atoms with Gasteiger partial charge in [-0.15, -0.1) is 0 Å². The molecule has 20 heavy (non-hydrogen) atoms. The van der Waals surface area contributed by atoms with E-state index < -0.39 is 15.9 Å². The minimum atomic E-state index is -3.56. The van der Waals surface area contributed by atoms with E-state index >= 15 is 0 Å². The Labute approximate surface area is 119 Å². The van der Waals surface area contributed by atoms with E-state index in [2.05, 4.69) is 5.32 Å². The summed E-state index contributed by atoms with van der Waals surface area (Å²) >= 11 is 0. The molecule has 110 valence electrons. The number of carbonyl (C=O) groups is 1. The van der Waals surface area contributed by atoms with Crippen LogP contribution in [-0.2, 0) is 10.0 Å². The molecule has 0 aliphatic carbocycles. The molecule has 2 rings (SSSR count). The van der Waals surface area contributed by atoms with Gasteiger partial charge in [-0.25, -0.2) is 8.42 Å². The van der Waals surface area contributed by atoms with Crippen LogP contribution in [0.4, 0.5) is 0 Å². The Bertz CT molecular complexity index is 588. The fourth-order valence-electron chi connectivity index (χ4n) is 2.50. The molecule has 2 unspecified atom stereocenters. The molecule has 0 saturated carbocycles. The first-order valence-electron chi connectivity index (χ1n) is 6.48. The third kappa shape index (κ3) is 2.70. The molecule has 1 aromatic carbocycles. The summed E-state index contributed by atoms with van der Waals surface area (Å²) in [5.41, 5.74) is 5.45. The van der Waals surface area contributed by atoms with Crippen LogP contribution in [0.25, 0.3) is 0 Å². The van der Waals surface area contributed by atoms with E-state index in [1.807, 2.05) is 13.8 Å². The number of sulfonamides is 1. The Balaban J connectivity index is 2.36. The number of hydrogen-bond donors (Lipinski definition) is 2. The van der Waals surface area contributed by atoms with E-state index in [4.69, 9.17) is 5.73 Å². The SMILES string of the molecule is CC1CNCC(C)N1S(=O)(=O)c1ccc(C(N)=O)cc1. The molecule has 1 heterocycles. The molecule has 2 atom stereocenters. The Hall–Kier alpha value is -1.44. The molecule has 0 aromatic heterocycles. The number of nitrogens with one attached hydrogen (secondary N) is 1. The third-order valence-electron chi connectivity index (χ3n) is 3.46. The highest BCUT2D eigenvalue weighted by atomic mass is 32.2. The van der Waals surface area contributed by atoms with Gasteiger partial charge in [-0.1, -0.05) is 0 Å². The van der Waals surface area contributed by atoms with Crippen molar-refractivity contribution in [3.05, 3.63) is 29.8 Å². The van der Waals surface area contributed by atoms with Gasteiger partial charge in [0.15, 0.2) is 0 Å². The average molecular weight is 297 g/mol. The van der Waals surface area contributed by atoms with Crippen LogP contribution in [0, 0.1) is 0 Å². The van der Waals surface area contributed by atoms with Crippen molar-refractivity contribution in [3.63, 3.8) is 0 Å². The summed E-state index contributed by atoms with van der Waals surface area (Å²) in [5.74, 6) is -0.571. The second kappa shape index (κ2) is 5.51. The van der Waals surface area contributed by atoms with Crippen LogP contribution in [0.2, 0.25) is 0 Å². The molecule has 0 spiro atoms. The van der Waals surface area contributed by atoms with Gasteiger partial charge in [-0.2, -0.15) is 4.31 Å². The number of piperazine rings is 1. The molecule has 1 amide bonds. The molecule has 1 saturated heterocycles. The van der Waals surface area contributed by atoms with Gasteiger partial charge >= 0.3 is 0 Å². The van der Waals surface area contributed by atoms with Crippen LogP contribution < -0.4 is 11.1 Å². The highest BCUT2D eigenvalue weighted by Crippen LogP contribution is 2.22. The summed E-state index contributed by atoms with van der Waals surface area (Å²) in [6.07, 6.45) is 0. The number of primary amides is 1. The first-order chi connectivity index (χ1) is 9.34. The summed E-state index contributed by atoms with van der Waals surface area (Å²) in [6.45, 7) is 5.00. The lowest BCUT2D eigenvalue weighted by molar-refractivity contribution is 0.1000. The van der Waals surface area contributed by atoms with E-state index in [0.29, 0.717) is 18.7 Å². The lowest BCUT2D eigenvalue weighted by Crippen LogP contribution is -2.57. The molecule has 1 aliphatic heterocycles. The van der Waals surface area contributed by atoms with Crippen molar-refractivity contribution >= 4 is 15.9 Å². The molecule has 7 heteroatoms. The standard InChI is InChI=1S/C13H19N3O3S/c1-9-7-15-8-10(2)16(9)20(18,19)12-5-3-11(4-6-12)13(14)17/h3-6,9-10,15H,7-8H2,1-2H3,(H2,14,17). The van der Waals surface area contributed by atoms with Gasteiger partial charge < -0.3 is 11.1 Å². The smallest absolute Gasteiger partial charge is 0.248 e. The second-order valence-corrected chi connectivity index (χ2v) is 6.92. The summed E-state index contributed by atoms with van der Waals surface area (Å²) in [4.78, 5) is 11.2. The molecule has 1 aromatic rings. The van der Waals surface area contributed by atoms with E-state index in [0.717, 1.165) is 0 Å². The maximum absolute atomic E-state index is 12.7. The molecule has 1 aliphatic rings. The second-order valence-electron chi connectivity index (χ2n) is 5.08. The first-order valence-corrected chi connectivity index (χ1v) is 7.92. The predicted molar refractivity (Wildman–Crippen MR) is 75.8 cm³/mol. The number of nitrogens with two attached hydrogens (primary N) is 1. The topological polar surface area (TPSA) is 92.5 Å². The highest BCUT2D eigenvalue weighted by molar-refractivity contribution is 7.89. The Morgan fingerprint density at radius 1 is 1.20 bits per heavy atom. The zero-order valence-corrected chi connectivity index (χ0v) is 12.4. The highest BCUT2D eigenvalue weighted by Gasteiger charge is 2.35. The normalized spacial score (nSPS) is 24.5. The van der Waals surface area contributed by atoms with Crippen LogP contribution in [0.5, 0.6) is 0 Å². The van der Waals surface area contributed by atoms with Crippen molar-refractivity contribution in [1.29, 1.82) is 0 Å². The number of benzene rings is 1. The van der Waals surface area contributed by atoms with Crippen molar-refractivity contribution in [3.8, 4) is 0 Å². The zero-order chi connectivity index (χ0) is 14.9. The van der Waals surface area contributed by atoms with Crippen molar-refractivity contribution in [2.24, 2.45) is 5.73 Å². The summed E-state index contributed by atoms with van der Waals surface area (Å²) in [7, 11) is -3.56. The van der Waals surface area contributed by atoms with Gasteiger partial charge in [0.05, 0.1) is 4.90 Å². The number of nitrogens with zero attached hydrogens (tertiary/aromatic N) is 1. The lowest BCUT2D eigenvalue weighted by atomic mass is 10.2. The van der Waals surface area contributed by atoms with E-state index in [1.54, 1.807) is 0 Å². The molecule has 6 nitrogen and oxygen atoms in total. The Morgan fingerprint density at radius 2 is 1.70 bits per heavy atom. The van der Waals surface area contributed by atoms with E-state index in [-0.39, 0.29) is 17.0 Å². The Morgan fingerprint density at radius 3 is 2.15 bits per heavy atom. The summed E-state index contributed by atoms with van der Waals surface area (Å²) in [6, 6.07) is 5.51. The van der Waals surface area contributed by atoms with Crippen LogP contribution in [0.15, 0.2) is 29.2 Å². The summed E-state index contributed by atoms with van der Waals surface area (Å²) < 4.78 is 26.9. The van der Waals surface area contributed by atoms with Crippen molar-refractivity contribution < 1.29 is 13.2 Å². The van der Waals surface area contributed by atoms with Crippen molar-refractivity contribution in [2.45, 2.75) is 30.8 Å². The van der Waals surface area contributed by atoms with Gasteiger partial charge in [0.1, 0.15) is 0 Å². The first kappa shape index (κ1) is 15.0. The maximum atomic E-state index is 12.7. The summed E-state index contributed by atoms with van der Waals surface area (Å²) in [5, 5.41) is 3.19. The van der Waals surface area contributed by atoms with Crippen LogP contribution in [0.1, 0.15) is 24.2 Å². The van der Waals surface area contributed by atoms with Gasteiger partial charge in [-0.05, 0) is 38.1 Å². The minimum Gasteiger partial charge on any atom is -0.366 e. The number of hydrogen-bond acceptors (Lipinski definition) is 4. The van der Waals surface area contributed by atoms with Crippen molar-refractivity contribution in [2.75, 3.05) is 13.1 Å². The van der Waals surface area contributed by atoms with Gasteiger partial charge in [0.2, 0.25) is 15.9 Å². The fraction of sp³-hybridized carbons (Fsp3) is 0.462. The molecule has 3 N–H and O–H groups in total. The maximum Gasteiger partial charge on any atom is 0.248 e. The third-order valence-corrected chi connectivity index (χ3v) is 5.61. The van der Waals surface area contributed by atoms with Gasteiger partial charge in [0.25, 0.3) is 0 Å². The average Bonchev–Trinajstić information content (AvgIpc) is 2.38. The monoisotopic (exact) mass is 297 g/mol. The number of rotatable bonds is 3. The number of amides is 1. The molecule has 0 radical (unpaired) electrons. The molecule has 1 fully saturated rings. The lowest BCUT2D eigenvalue weighted by Gasteiger charge is -2.38. The van der Waals surface area contributed by atoms with E-state index in [1.165, 1.54) is 28.6 Å². The Kier molecular flexibility index (Phi) is 4.12. The van der Waals surface area contributed by atoms with Crippen LogP contribution in [0.3, 0.4) is 0 Å².